The van der Waals surface area contributed by atoms with Gasteiger partial charge in [0.15, 0.2) is 11.6 Å². The van der Waals surface area contributed by atoms with Crippen LogP contribution >= 0.6 is 0 Å². The molecule has 0 aliphatic heterocycles. The number of rotatable bonds is 11. The molecule has 0 fully saturated rings. The van der Waals surface area contributed by atoms with E-state index in [9.17, 15) is 23.1 Å². The molecule has 7 nitrogen and oxygen atoms in total. The maximum Gasteiger partial charge on any atom is 0.256 e. The van der Waals surface area contributed by atoms with Gasteiger partial charge >= 0.3 is 0 Å². The number of halogens is 3. The minimum atomic E-state index is -1.28. The molecule has 0 bridgehead atoms. The Morgan fingerprint density at radius 1 is 1.15 bits per heavy atom. The van der Waals surface area contributed by atoms with E-state index in [1.807, 2.05) is 11.6 Å². The molecule has 1 heterocycles. The van der Waals surface area contributed by atoms with Gasteiger partial charge in [-0.1, -0.05) is 6.07 Å². The van der Waals surface area contributed by atoms with Gasteiger partial charge in [0.2, 0.25) is 0 Å². The molecule has 10 heteroatoms. The molecule has 2 aromatic carbocycles. The summed E-state index contributed by atoms with van der Waals surface area (Å²) in [5, 5.41) is 15.2. The van der Waals surface area contributed by atoms with Gasteiger partial charge in [0.05, 0.1) is 35.6 Å². The highest BCUT2D eigenvalue weighted by Crippen LogP contribution is 2.29. The van der Waals surface area contributed by atoms with Crippen LogP contribution < -0.4 is 10.6 Å². The van der Waals surface area contributed by atoms with Gasteiger partial charge in [0.1, 0.15) is 5.82 Å². The Balaban J connectivity index is 1.73. The predicted molar refractivity (Wildman–Crippen MR) is 123 cm³/mol. The average Bonchev–Trinajstić information content (AvgIpc) is 3.21. The van der Waals surface area contributed by atoms with Crippen LogP contribution in [0.1, 0.15) is 28.0 Å². The van der Waals surface area contributed by atoms with Gasteiger partial charge in [-0.2, -0.15) is 0 Å². The van der Waals surface area contributed by atoms with Crippen LogP contribution in [0.15, 0.2) is 42.9 Å². The molecule has 3 aromatic rings. The molecular weight excluding hydrogens is 447 g/mol. The maximum absolute atomic E-state index is 14.7. The second-order valence-electron chi connectivity index (χ2n) is 7.93. The zero-order valence-electron chi connectivity index (χ0n) is 19.1. The summed E-state index contributed by atoms with van der Waals surface area (Å²) in [5.74, 6) is -3.71. The summed E-state index contributed by atoms with van der Waals surface area (Å²) in [6.45, 7) is 2.87. The topological polar surface area (TPSA) is 82.4 Å². The first-order chi connectivity index (χ1) is 16.3. The van der Waals surface area contributed by atoms with E-state index in [0.29, 0.717) is 25.1 Å². The second-order valence-corrected chi connectivity index (χ2v) is 7.93. The number of hydrogen-bond donors (Lipinski definition) is 3. The summed E-state index contributed by atoms with van der Waals surface area (Å²) in [5.41, 5.74) is 0.965. The minimum Gasteiger partial charge on any atom is -0.395 e. The largest absolute Gasteiger partial charge is 0.395 e. The number of nitrogens with one attached hydrogen (secondary N) is 2. The van der Waals surface area contributed by atoms with Crippen LogP contribution in [0.5, 0.6) is 0 Å². The molecule has 0 aliphatic rings. The van der Waals surface area contributed by atoms with Crippen LogP contribution in [0.2, 0.25) is 0 Å². The monoisotopic (exact) mass is 475 g/mol. The lowest BCUT2D eigenvalue weighted by Crippen LogP contribution is -2.36. The summed E-state index contributed by atoms with van der Waals surface area (Å²) in [6.07, 6.45) is 4.01. The molecule has 3 N–H and O–H groups in total. The summed E-state index contributed by atoms with van der Waals surface area (Å²) < 4.78 is 44.9. The Morgan fingerprint density at radius 2 is 1.94 bits per heavy atom. The number of aliphatic hydroxyl groups is 1. The molecule has 0 spiro atoms. The molecule has 1 amide bonds. The van der Waals surface area contributed by atoms with E-state index in [0.717, 1.165) is 17.8 Å². The van der Waals surface area contributed by atoms with Gasteiger partial charge in [-0.25, -0.2) is 18.2 Å². The molecule has 0 unspecified atom stereocenters. The first-order valence-electron chi connectivity index (χ1n) is 10.9. The quantitative estimate of drug-likeness (QED) is 0.370. The van der Waals surface area contributed by atoms with Crippen LogP contribution in [0.25, 0.3) is 0 Å². The lowest BCUT2D eigenvalue weighted by atomic mass is 10.1. The van der Waals surface area contributed by atoms with Gasteiger partial charge in [0, 0.05) is 32.9 Å². The fourth-order valence-corrected chi connectivity index (χ4v) is 3.48. The first-order valence-corrected chi connectivity index (χ1v) is 10.9. The molecule has 182 valence electrons. The molecule has 34 heavy (non-hydrogen) atoms. The number of amides is 1. The first kappa shape index (κ1) is 25.3. The third-order valence-electron chi connectivity index (χ3n) is 5.37. The third-order valence-corrected chi connectivity index (χ3v) is 5.37. The molecule has 1 aromatic heterocycles. The number of hydrogen-bond acceptors (Lipinski definition) is 5. The SMILES string of the molecule is Cc1ccc(Nc2c(C(=O)N(CCO)CCCNCc3cncn3C)ccc(F)c2F)c(F)c1. The van der Waals surface area contributed by atoms with E-state index >= 15 is 0 Å². The Labute approximate surface area is 196 Å². The number of carbonyl (C=O) groups is 1. The Morgan fingerprint density at radius 3 is 2.62 bits per heavy atom. The molecule has 0 saturated heterocycles. The highest BCUT2D eigenvalue weighted by Gasteiger charge is 2.24. The normalized spacial score (nSPS) is 11.0. The van der Waals surface area contributed by atoms with Gasteiger partial charge in [0.25, 0.3) is 5.91 Å². The summed E-state index contributed by atoms with van der Waals surface area (Å²) >= 11 is 0. The fraction of sp³-hybridized carbons (Fsp3) is 0.333. The molecular formula is C24H28F3N5O2. The van der Waals surface area contributed by atoms with E-state index < -0.39 is 29.0 Å². The minimum absolute atomic E-state index is 0.0118. The Hall–Kier alpha value is -3.37. The zero-order chi connectivity index (χ0) is 24.7. The molecule has 0 atom stereocenters. The van der Waals surface area contributed by atoms with Crippen LogP contribution in [-0.2, 0) is 13.6 Å². The van der Waals surface area contributed by atoms with Gasteiger partial charge in [-0.15, -0.1) is 0 Å². The van der Waals surface area contributed by atoms with Crippen molar-refractivity contribution in [3.63, 3.8) is 0 Å². The van der Waals surface area contributed by atoms with Crippen molar-refractivity contribution >= 4 is 17.3 Å². The van der Waals surface area contributed by atoms with Crippen molar-refractivity contribution < 1.29 is 23.1 Å². The van der Waals surface area contributed by atoms with Crippen molar-refractivity contribution in [2.24, 2.45) is 7.05 Å². The molecule has 0 aliphatic carbocycles. The Bertz CT molecular complexity index is 1140. The molecule has 3 rings (SSSR count). The van der Waals surface area contributed by atoms with Crippen molar-refractivity contribution in [1.29, 1.82) is 0 Å². The van der Waals surface area contributed by atoms with E-state index in [-0.39, 0.29) is 30.9 Å². The smallest absolute Gasteiger partial charge is 0.256 e. The number of carbonyl (C=O) groups excluding carboxylic acids is 1. The Kier molecular flexibility index (Phi) is 8.67. The number of aryl methyl sites for hydroxylation is 2. The van der Waals surface area contributed by atoms with Crippen LogP contribution in [0, 0.1) is 24.4 Å². The lowest BCUT2D eigenvalue weighted by molar-refractivity contribution is 0.0720. The van der Waals surface area contributed by atoms with Crippen LogP contribution in [0.4, 0.5) is 24.5 Å². The van der Waals surface area contributed by atoms with Crippen molar-refractivity contribution in [1.82, 2.24) is 19.8 Å². The van der Waals surface area contributed by atoms with Crippen LogP contribution in [-0.4, -0.2) is 51.7 Å². The highest BCUT2D eigenvalue weighted by atomic mass is 19.2. The average molecular weight is 476 g/mol. The highest BCUT2D eigenvalue weighted by molar-refractivity contribution is 6.00. The van der Waals surface area contributed by atoms with Gasteiger partial charge < -0.3 is 25.2 Å². The lowest BCUT2D eigenvalue weighted by Gasteiger charge is -2.24. The number of anilines is 2. The summed E-state index contributed by atoms with van der Waals surface area (Å²) in [4.78, 5) is 18.6. The molecule has 0 saturated carbocycles. The van der Waals surface area contributed by atoms with E-state index in [2.05, 4.69) is 15.6 Å². The number of aliphatic hydroxyl groups excluding tert-OH is 1. The zero-order valence-corrected chi connectivity index (χ0v) is 19.1. The number of benzene rings is 2. The van der Waals surface area contributed by atoms with Crippen molar-refractivity contribution in [3.8, 4) is 0 Å². The second kappa shape index (κ2) is 11.7. The number of imidazole rings is 1. The van der Waals surface area contributed by atoms with E-state index in [4.69, 9.17) is 0 Å². The van der Waals surface area contributed by atoms with E-state index in [1.165, 1.54) is 17.0 Å². The van der Waals surface area contributed by atoms with Crippen molar-refractivity contribution in [3.05, 3.63) is 77.1 Å². The van der Waals surface area contributed by atoms with Gasteiger partial charge in [-0.05, 0) is 49.7 Å². The number of nitrogens with zero attached hydrogens (tertiary/aromatic N) is 3. The van der Waals surface area contributed by atoms with Crippen molar-refractivity contribution in [2.45, 2.75) is 19.9 Å². The maximum atomic E-state index is 14.7. The predicted octanol–water partition coefficient (Wildman–Crippen LogP) is 3.50. The molecule has 0 radical (unpaired) electrons. The van der Waals surface area contributed by atoms with Gasteiger partial charge in [-0.3, -0.25) is 4.79 Å². The van der Waals surface area contributed by atoms with Crippen molar-refractivity contribution in [2.75, 3.05) is 31.6 Å². The van der Waals surface area contributed by atoms with E-state index in [1.54, 1.807) is 25.5 Å². The number of aromatic nitrogens is 2. The standard InChI is InChI=1S/C24H28F3N5O2/c1-16-4-7-21(20(26)12-16)30-23-18(5-6-19(25)22(23)27)24(34)32(10-11-33)9-3-8-28-13-17-14-29-15-31(17)2/h4-7,12,14-15,28,30,33H,3,8-11,13H2,1-2H3. The fourth-order valence-electron chi connectivity index (χ4n) is 3.48. The summed E-state index contributed by atoms with van der Waals surface area (Å²) in [6, 6.07) is 6.26. The summed E-state index contributed by atoms with van der Waals surface area (Å²) in [7, 11) is 1.89. The third kappa shape index (κ3) is 6.15. The van der Waals surface area contributed by atoms with Crippen LogP contribution in [0.3, 0.4) is 0 Å².